The van der Waals surface area contributed by atoms with Crippen molar-refractivity contribution < 1.29 is 19.0 Å². The topological polar surface area (TPSA) is 79.1 Å². The van der Waals surface area contributed by atoms with Crippen LogP contribution in [0.25, 0.3) is 5.57 Å². The van der Waals surface area contributed by atoms with Crippen molar-refractivity contribution in [3.05, 3.63) is 75.5 Å². The molecule has 0 radical (unpaired) electrons. The summed E-state index contributed by atoms with van der Waals surface area (Å²) >= 11 is 0. The van der Waals surface area contributed by atoms with Crippen molar-refractivity contribution in [1.29, 1.82) is 0 Å². The normalized spacial score (nSPS) is 21.7. The van der Waals surface area contributed by atoms with Gasteiger partial charge in [0.25, 0.3) is 0 Å². The maximum atomic E-state index is 13.1. The highest BCUT2D eigenvalue weighted by atomic mass is 16.5. The Labute approximate surface area is 201 Å². The quantitative estimate of drug-likeness (QED) is 0.576. The van der Waals surface area contributed by atoms with Crippen molar-refractivity contribution in [3.63, 3.8) is 0 Å². The van der Waals surface area contributed by atoms with E-state index in [-0.39, 0.29) is 23.6 Å². The Hall–Kier alpha value is -3.19. The van der Waals surface area contributed by atoms with Crippen LogP contribution >= 0.6 is 0 Å². The third-order valence-corrected chi connectivity index (χ3v) is 6.37. The van der Waals surface area contributed by atoms with Crippen LogP contribution in [0.1, 0.15) is 55.7 Å². The molecular weight excluding hydrogens is 432 g/mol. The molecule has 1 aromatic rings. The molecule has 0 spiro atoms. The van der Waals surface area contributed by atoms with Crippen molar-refractivity contribution in [2.24, 2.45) is 10.4 Å². The van der Waals surface area contributed by atoms with Crippen molar-refractivity contribution in [3.8, 4) is 0 Å². The average molecular weight is 467 g/mol. The molecule has 34 heavy (non-hydrogen) atoms. The Morgan fingerprint density at radius 1 is 1.32 bits per heavy atom. The SMILES string of the molecule is C=C1CCC(C(C)(C)COC)n2cc(C(=O)OCC)c(=O)cc2/C1=C1\C=CC=C(OC)\C1=N\C. The summed E-state index contributed by atoms with van der Waals surface area (Å²) in [5.41, 5.74) is 3.26. The Kier molecular flexibility index (Phi) is 7.77. The number of carbonyl (C=O) groups is 1. The largest absolute Gasteiger partial charge is 0.494 e. The Bertz CT molecular complexity index is 1160. The lowest BCUT2D eigenvalue weighted by molar-refractivity contribution is 0.0514. The molecule has 0 saturated heterocycles. The van der Waals surface area contributed by atoms with E-state index in [1.807, 2.05) is 22.8 Å². The summed E-state index contributed by atoms with van der Waals surface area (Å²) in [5.74, 6) is 0.0131. The smallest absolute Gasteiger partial charge is 0.343 e. The third-order valence-electron chi connectivity index (χ3n) is 6.37. The predicted octanol–water partition coefficient (Wildman–Crippen LogP) is 4.51. The van der Waals surface area contributed by atoms with Gasteiger partial charge in [0.1, 0.15) is 17.0 Å². The summed E-state index contributed by atoms with van der Waals surface area (Å²) in [6.45, 7) is 11.1. The van der Waals surface area contributed by atoms with Gasteiger partial charge in [0.05, 0.1) is 26.0 Å². The van der Waals surface area contributed by atoms with Gasteiger partial charge in [-0.3, -0.25) is 9.79 Å². The molecule has 1 atom stereocenters. The second-order valence-corrected chi connectivity index (χ2v) is 9.10. The number of hydrogen-bond acceptors (Lipinski definition) is 6. The predicted molar refractivity (Wildman–Crippen MR) is 134 cm³/mol. The molecule has 0 aromatic carbocycles. The standard InChI is InChI=1S/C27H34N2O5/c1-8-34-26(31)19-15-29-20(14-21(19)30)24(18-10-9-11-22(33-7)25(18)28-5)17(2)12-13-23(29)27(3,4)16-32-6/h9-11,14-15,23H,2,8,12-13,16H2,1,3-7H3/b24-18+,28-25+. The number of aromatic nitrogens is 1. The molecule has 7 heteroatoms. The number of carbonyl (C=O) groups excluding carboxylic acids is 1. The summed E-state index contributed by atoms with van der Waals surface area (Å²) in [4.78, 5) is 30.2. The number of esters is 1. The average Bonchev–Trinajstić information content (AvgIpc) is 2.93. The van der Waals surface area contributed by atoms with Gasteiger partial charge in [0.15, 0.2) is 5.43 Å². The van der Waals surface area contributed by atoms with E-state index in [2.05, 4.69) is 25.4 Å². The highest BCUT2D eigenvalue weighted by molar-refractivity contribution is 6.19. The van der Waals surface area contributed by atoms with Gasteiger partial charge >= 0.3 is 5.97 Å². The molecule has 7 nitrogen and oxygen atoms in total. The van der Waals surface area contributed by atoms with Crippen molar-refractivity contribution in [2.45, 2.75) is 39.7 Å². The molecule has 2 heterocycles. The zero-order valence-electron chi connectivity index (χ0n) is 20.9. The summed E-state index contributed by atoms with van der Waals surface area (Å²) in [6, 6.07) is 1.46. The lowest BCUT2D eigenvalue weighted by Gasteiger charge is -2.36. The minimum atomic E-state index is -0.624. The van der Waals surface area contributed by atoms with E-state index in [0.29, 0.717) is 30.2 Å². The van der Waals surface area contributed by atoms with Gasteiger partial charge in [0, 0.05) is 49.0 Å². The van der Waals surface area contributed by atoms with E-state index in [1.54, 1.807) is 34.4 Å². The highest BCUT2D eigenvalue weighted by Crippen LogP contribution is 2.44. The number of pyridine rings is 1. The Morgan fingerprint density at radius 2 is 2.06 bits per heavy atom. The lowest BCUT2D eigenvalue weighted by atomic mass is 9.82. The van der Waals surface area contributed by atoms with Crippen LogP contribution in [0.5, 0.6) is 0 Å². The number of aliphatic imine (C=N–C) groups is 1. The Morgan fingerprint density at radius 3 is 2.68 bits per heavy atom. The minimum absolute atomic E-state index is 0.0155. The van der Waals surface area contributed by atoms with Crippen LogP contribution in [0.3, 0.4) is 0 Å². The summed E-state index contributed by atoms with van der Waals surface area (Å²) in [7, 11) is 4.99. The molecule has 0 N–H and O–H groups in total. The molecule has 182 valence electrons. The van der Waals surface area contributed by atoms with Gasteiger partial charge < -0.3 is 18.8 Å². The summed E-state index contributed by atoms with van der Waals surface area (Å²) in [6.07, 6.45) is 8.82. The van der Waals surface area contributed by atoms with E-state index in [4.69, 9.17) is 14.2 Å². The lowest BCUT2D eigenvalue weighted by Crippen LogP contribution is -2.33. The molecule has 3 rings (SSSR count). The van der Waals surface area contributed by atoms with E-state index in [0.717, 1.165) is 23.1 Å². The third kappa shape index (κ3) is 4.71. The van der Waals surface area contributed by atoms with Crippen LogP contribution in [0.4, 0.5) is 0 Å². The highest BCUT2D eigenvalue weighted by Gasteiger charge is 2.36. The van der Waals surface area contributed by atoms with Crippen molar-refractivity contribution >= 4 is 17.3 Å². The fraction of sp³-hybridized carbons (Fsp3) is 0.444. The first-order valence-electron chi connectivity index (χ1n) is 11.4. The number of allylic oxidation sites excluding steroid dienone is 6. The van der Waals surface area contributed by atoms with Crippen LogP contribution < -0.4 is 5.43 Å². The zero-order valence-corrected chi connectivity index (χ0v) is 20.9. The Balaban J connectivity index is 2.38. The molecule has 0 fully saturated rings. The molecule has 1 aliphatic heterocycles. The number of nitrogens with zero attached hydrogens (tertiary/aromatic N) is 2. The second-order valence-electron chi connectivity index (χ2n) is 9.10. The number of ether oxygens (including phenoxy) is 3. The van der Waals surface area contributed by atoms with E-state index in [1.165, 1.54) is 6.07 Å². The number of methoxy groups -OCH3 is 2. The molecule has 2 aliphatic rings. The molecular formula is C27H34N2O5. The van der Waals surface area contributed by atoms with E-state index >= 15 is 0 Å². The molecule has 1 aliphatic carbocycles. The van der Waals surface area contributed by atoms with Gasteiger partial charge in [0.2, 0.25) is 0 Å². The first-order valence-corrected chi connectivity index (χ1v) is 11.4. The van der Waals surface area contributed by atoms with Crippen molar-refractivity contribution in [1.82, 2.24) is 4.57 Å². The molecule has 0 bridgehead atoms. The number of hydrogen-bond donors (Lipinski definition) is 0. The first-order chi connectivity index (χ1) is 16.2. The van der Waals surface area contributed by atoms with Crippen LogP contribution in [-0.4, -0.2) is 50.7 Å². The number of fused-ring (bicyclic) bond motifs is 1. The van der Waals surface area contributed by atoms with Gasteiger partial charge in [-0.05, 0) is 31.4 Å². The molecule has 0 amide bonds. The summed E-state index contributed by atoms with van der Waals surface area (Å²) < 4.78 is 18.3. The van der Waals surface area contributed by atoms with Crippen LogP contribution in [-0.2, 0) is 14.2 Å². The van der Waals surface area contributed by atoms with Gasteiger partial charge in [-0.2, -0.15) is 0 Å². The van der Waals surface area contributed by atoms with Crippen LogP contribution in [0, 0.1) is 5.41 Å². The first kappa shape index (κ1) is 25.4. The van der Waals surface area contributed by atoms with Gasteiger partial charge in [-0.25, -0.2) is 4.79 Å². The van der Waals surface area contributed by atoms with E-state index < -0.39 is 11.4 Å². The minimum Gasteiger partial charge on any atom is -0.494 e. The monoisotopic (exact) mass is 466 g/mol. The van der Waals surface area contributed by atoms with Crippen LogP contribution in [0.2, 0.25) is 0 Å². The maximum absolute atomic E-state index is 13.1. The maximum Gasteiger partial charge on any atom is 0.343 e. The second kappa shape index (κ2) is 10.4. The van der Waals surface area contributed by atoms with Crippen molar-refractivity contribution in [2.75, 3.05) is 34.5 Å². The fourth-order valence-electron chi connectivity index (χ4n) is 4.81. The zero-order chi connectivity index (χ0) is 25.0. The van der Waals surface area contributed by atoms with Crippen LogP contribution in [0.15, 0.2) is 63.8 Å². The molecule has 1 aromatic heterocycles. The van der Waals surface area contributed by atoms with Gasteiger partial charge in [-0.15, -0.1) is 0 Å². The van der Waals surface area contributed by atoms with E-state index in [9.17, 15) is 9.59 Å². The molecule has 1 unspecified atom stereocenters. The number of rotatable bonds is 6. The summed E-state index contributed by atoms with van der Waals surface area (Å²) in [5, 5.41) is 0. The fourth-order valence-corrected chi connectivity index (χ4v) is 4.81. The molecule has 0 saturated carbocycles. The van der Waals surface area contributed by atoms with Gasteiger partial charge in [-0.1, -0.05) is 32.6 Å².